The number of carbonyl (C=O) groups excluding carboxylic acids is 1. The van der Waals surface area contributed by atoms with E-state index in [0.717, 1.165) is 44.5 Å². The van der Waals surface area contributed by atoms with Gasteiger partial charge in [0.2, 0.25) is 5.91 Å². The highest BCUT2D eigenvalue weighted by Crippen LogP contribution is 2.36. The minimum atomic E-state index is -2.70. The lowest BCUT2D eigenvalue weighted by molar-refractivity contribution is -0.127. The van der Waals surface area contributed by atoms with Gasteiger partial charge in [0.05, 0.1) is 5.56 Å². The summed E-state index contributed by atoms with van der Waals surface area (Å²) in [7, 11) is 0. The molecule has 6 rings (SSSR count). The molecule has 1 aliphatic carbocycles. The molecule has 2 aliphatic rings. The van der Waals surface area contributed by atoms with Gasteiger partial charge in [-0.1, -0.05) is 12.6 Å². The fourth-order valence-corrected chi connectivity index (χ4v) is 5.72. The fraction of sp³-hybridized carbons (Fsp3) is 0.310. The average Bonchev–Trinajstić information content (AvgIpc) is 3.53. The number of hydrogen-bond acceptors (Lipinski definition) is 6. The fourth-order valence-electron chi connectivity index (χ4n) is 5.72. The Balaban J connectivity index is 1.33. The summed E-state index contributed by atoms with van der Waals surface area (Å²) >= 11 is 0. The van der Waals surface area contributed by atoms with E-state index in [1.54, 1.807) is 22.9 Å². The van der Waals surface area contributed by atoms with Crippen molar-refractivity contribution < 1.29 is 13.6 Å². The Morgan fingerprint density at radius 3 is 2.69 bits per heavy atom. The number of anilines is 1. The molecular formula is C29H29F2N7O. The first kappa shape index (κ1) is 25.1. The van der Waals surface area contributed by atoms with Gasteiger partial charge < -0.3 is 16.0 Å². The molecule has 1 saturated heterocycles. The number of aromatic nitrogens is 4. The third-order valence-corrected chi connectivity index (χ3v) is 7.71. The molecule has 8 nitrogen and oxygen atoms in total. The number of halogens is 2. The number of nitrogen functional groups attached to an aromatic ring is 1. The maximum absolute atomic E-state index is 13.6. The van der Waals surface area contributed by atoms with Crippen LogP contribution in [0.25, 0.3) is 28.2 Å². The second kappa shape index (κ2) is 10.2. The summed E-state index contributed by atoms with van der Waals surface area (Å²) in [6.07, 6.45) is 3.94. The molecule has 1 atom stereocenters. The Hall–Kier alpha value is -4.18. The second-order valence-corrected chi connectivity index (χ2v) is 10.0. The van der Waals surface area contributed by atoms with Crippen molar-refractivity contribution in [3.05, 3.63) is 78.1 Å². The Labute approximate surface area is 224 Å². The lowest BCUT2D eigenvalue weighted by Gasteiger charge is -2.33. The summed E-state index contributed by atoms with van der Waals surface area (Å²) in [5.74, 6) is 0.791. The molecule has 3 N–H and O–H groups in total. The van der Waals surface area contributed by atoms with E-state index in [1.807, 2.05) is 17.0 Å². The standard InChI is InChI=1S/C29H29F2N7O/c1-2-25(39)37-14-11-18(12-15-37)34-22-8-5-17-16-19(6-7-20(17)22)38-28(21-4-3-13-33-27(21)32)36-24-10-9-23(26(30)31)35-29(24)38/h2-4,6-7,9-10,13,16,18,22,26,34H,1,5,8,11-12,14-15H2,(H2,32,33)/t22-/m1/s1. The molecule has 0 saturated carbocycles. The summed E-state index contributed by atoms with van der Waals surface area (Å²) in [5, 5.41) is 3.80. The molecule has 1 aromatic carbocycles. The lowest BCUT2D eigenvalue weighted by atomic mass is 10.0. The van der Waals surface area contributed by atoms with Crippen molar-refractivity contribution in [3.8, 4) is 17.1 Å². The molecule has 200 valence electrons. The predicted molar refractivity (Wildman–Crippen MR) is 145 cm³/mol. The number of rotatable bonds is 6. The molecule has 1 aliphatic heterocycles. The van der Waals surface area contributed by atoms with Crippen LogP contribution in [0, 0.1) is 0 Å². The summed E-state index contributed by atoms with van der Waals surface area (Å²) in [4.78, 5) is 26.9. The van der Waals surface area contributed by atoms with Crippen molar-refractivity contribution in [1.82, 2.24) is 29.7 Å². The van der Waals surface area contributed by atoms with Crippen LogP contribution in [0.2, 0.25) is 0 Å². The largest absolute Gasteiger partial charge is 0.383 e. The van der Waals surface area contributed by atoms with Gasteiger partial charge in [0.25, 0.3) is 6.43 Å². The number of likely N-dealkylation sites (tertiary alicyclic amines) is 1. The number of pyridine rings is 2. The highest BCUT2D eigenvalue weighted by Gasteiger charge is 2.29. The Bertz CT molecular complexity index is 1560. The third kappa shape index (κ3) is 4.65. The number of amides is 1. The minimum absolute atomic E-state index is 0.0122. The van der Waals surface area contributed by atoms with Crippen molar-refractivity contribution in [2.45, 2.75) is 44.2 Å². The van der Waals surface area contributed by atoms with Crippen molar-refractivity contribution in [2.75, 3.05) is 18.8 Å². The quantitative estimate of drug-likeness (QED) is 0.350. The molecule has 1 amide bonds. The maximum atomic E-state index is 13.6. The monoisotopic (exact) mass is 529 g/mol. The number of alkyl halides is 2. The molecule has 39 heavy (non-hydrogen) atoms. The second-order valence-electron chi connectivity index (χ2n) is 10.0. The molecule has 0 spiro atoms. The van der Waals surface area contributed by atoms with E-state index in [4.69, 9.17) is 10.7 Å². The van der Waals surface area contributed by atoms with E-state index >= 15 is 0 Å². The Morgan fingerprint density at radius 2 is 1.95 bits per heavy atom. The summed E-state index contributed by atoms with van der Waals surface area (Å²) < 4.78 is 28.9. The number of nitrogens with zero attached hydrogens (tertiary/aromatic N) is 5. The first-order chi connectivity index (χ1) is 18.9. The molecule has 4 aromatic rings. The number of nitrogens with one attached hydrogen (secondary N) is 1. The van der Waals surface area contributed by atoms with Gasteiger partial charge in [0, 0.05) is 37.1 Å². The van der Waals surface area contributed by atoms with Crippen LogP contribution in [-0.4, -0.2) is 49.5 Å². The molecule has 1 fully saturated rings. The van der Waals surface area contributed by atoms with Crippen LogP contribution in [0.4, 0.5) is 14.6 Å². The van der Waals surface area contributed by atoms with Gasteiger partial charge in [-0.3, -0.25) is 9.36 Å². The van der Waals surface area contributed by atoms with Crippen LogP contribution < -0.4 is 11.1 Å². The normalized spacial score (nSPS) is 17.6. The highest BCUT2D eigenvalue weighted by molar-refractivity contribution is 5.87. The number of hydrogen-bond donors (Lipinski definition) is 2. The molecule has 0 bridgehead atoms. The summed E-state index contributed by atoms with van der Waals surface area (Å²) in [5.41, 5.74) is 10.5. The van der Waals surface area contributed by atoms with Crippen molar-refractivity contribution in [3.63, 3.8) is 0 Å². The summed E-state index contributed by atoms with van der Waals surface area (Å²) in [6.45, 7) is 5.03. The molecule has 0 radical (unpaired) electrons. The zero-order valence-electron chi connectivity index (χ0n) is 21.4. The van der Waals surface area contributed by atoms with Crippen LogP contribution in [0.5, 0.6) is 0 Å². The SMILES string of the molecule is C=CC(=O)N1CCC(N[C@@H]2CCc3cc(-n4c(-c5cccnc5N)nc5ccc(C(F)F)nc54)ccc32)CC1. The van der Waals surface area contributed by atoms with Gasteiger partial charge in [-0.15, -0.1) is 0 Å². The molecule has 10 heteroatoms. The van der Waals surface area contributed by atoms with Crippen LogP contribution in [-0.2, 0) is 11.2 Å². The van der Waals surface area contributed by atoms with E-state index < -0.39 is 6.43 Å². The third-order valence-electron chi connectivity index (χ3n) is 7.71. The van der Waals surface area contributed by atoms with Crippen LogP contribution in [0.15, 0.2) is 61.3 Å². The van der Waals surface area contributed by atoms with Gasteiger partial charge >= 0.3 is 0 Å². The van der Waals surface area contributed by atoms with E-state index in [1.165, 1.54) is 23.3 Å². The van der Waals surface area contributed by atoms with Gasteiger partial charge in [0.15, 0.2) is 11.5 Å². The Morgan fingerprint density at radius 1 is 1.13 bits per heavy atom. The Kier molecular flexibility index (Phi) is 6.56. The van der Waals surface area contributed by atoms with Gasteiger partial charge in [-0.25, -0.2) is 23.7 Å². The number of benzene rings is 1. The number of piperidine rings is 1. The zero-order valence-corrected chi connectivity index (χ0v) is 21.4. The number of carbonyl (C=O) groups is 1. The maximum Gasteiger partial charge on any atom is 0.280 e. The van der Waals surface area contributed by atoms with Crippen LogP contribution >= 0.6 is 0 Å². The van der Waals surface area contributed by atoms with Gasteiger partial charge in [-0.2, -0.15) is 0 Å². The van der Waals surface area contributed by atoms with Crippen LogP contribution in [0.3, 0.4) is 0 Å². The summed E-state index contributed by atoms with van der Waals surface area (Å²) in [6, 6.07) is 13.2. The highest BCUT2D eigenvalue weighted by atomic mass is 19.3. The topological polar surface area (TPSA) is 102 Å². The van der Waals surface area contributed by atoms with Gasteiger partial charge in [-0.05, 0) is 79.3 Å². The number of imidazole rings is 1. The molecular weight excluding hydrogens is 500 g/mol. The zero-order chi connectivity index (χ0) is 27.1. The van der Waals surface area contributed by atoms with Crippen molar-refractivity contribution in [2.24, 2.45) is 0 Å². The van der Waals surface area contributed by atoms with E-state index in [2.05, 4.69) is 34.0 Å². The number of nitrogens with two attached hydrogens (primary N) is 1. The molecule has 3 aromatic heterocycles. The van der Waals surface area contributed by atoms with E-state index in [9.17, 15) is 13.6 Å². The first-order valence-corrected chi connectivity index (χ1v) is 13.1. The lowest BCUT2D eigenvalue weighted by Crippen LogP contribution is -2.45. The predicted octanol–water partition coefficient (Wildman–Crippen LogP) is 4.76. The minimum Gasteiger partial charge on any atom is -0.383 e. The smallest absolute Gasteiger partial charge is 0.280 e. The average molecular weight is 530 g/mol. The molecule has 0 unspecified atom stereocenters. The molecule has 4 heterocycles. The first-order valence-electron chi connectivity index (χ1n) is 13.1. The van der Waals surface area contributed by atoms with Crippen molar-refractivity contribution >= 4 is 22.9 Å². The van der Waals surface area contributed by atoms with Crippen molar-refractivity contribution in [1.29, 1.82) is 0 Å². The number of fused-ring (bicyclic) bond motifs is 2. The number of aryl methyl sites for hydroxylation is 1. The van der Waals surface area contributed by atoms with E-state index in [-0.39, 0.29) is 17.6 Å². The van der Waals surface area contributed by atoms with E-state index in [0.29, 0.717) is 34.4 Å². The van der Waals surface area contributed by atoms with Crippen LogP contribution in [0.1, 0.15) is 48.6 Å². The van der Waals surface area contributed by atoms with Gasteiger partial charge in [0.1, 0.15) is 17.0 Å².